The Labute approximate surface area is 108 Å². The van der Waals surface area contributed by atoms with E-state index in [-0.39, 0.29) is 0 Å². The summed E-state index contributed by atoms with van der Waals surface area (Å²) in [5.41, 5.74) is 6.68. The molecule has 0 aliphatic rings. The second-order valence-electron chi connectivity index (χ2n) is 3.58. The summed E-state index contributed by atoms with van der Waals surface area (Å²) in [4.78, 5) is 0. The smallest absolute Gasteiger partial charge is 0.124 e. The lowest BCUT2D eigenvalue weighted by Crippen LogP contribution is -2.05. The molecule has 2 N–H and O–H groups in total. The summed E-state index contributed by atoms with van der Waals surface area (Å²) >= 11 is 1.93. The van der Waals surface area contributed by atoms with Crippen molar-refractivity contribution >= 4 is 11.8 Å². The standard InChI is InChI=1S/C13H21NO2S/c1-3-17-8-4-7-16-13-6-5-12(15-2)9-11(13)10-14/h5-6,9H,3-4,7-8,10,14H2,1-2H3. The third kappa shape index (κ3) is 4.88. The lowest BCUT2D eigenvalue weighted by atomic mass is 10.2. The molecule has 0 unspecified atom stereocenters. The van der Waals surface area contributed by atoms with Crippen LogP contribution in [0.25, 0.3) is 0 Å². The third-order valence-electron chi connectivity index (χ3n) is 2.38. The minimum Gasteiger partial charge on any atom is -0.497 e. The molecule has 0 spiro atoms. The molecule has 0 aromatic heterocycles. The number of methoxy groups -OCH3 is 1. The molecule has 3 nitrogen and oxygen atoms in total. The van der Waals surface area contributed by atoms with Gasteiger partial charge in [-0.05, 0) is 36.1 Å². The Kier molecular flexibility index (Phi) is 6.89. The first-order valence-electron chi connectivity index (χ1n) is 5.89. The van der Waals surface area contributed by atoms with Crippen LogP contribution >= 0.6 is 11.8 Å². The number of thioether (sulfide) groups is 1. The molecular formula is C13H21NO2S. The van der Waals surface area contributed by atoms with E-state index < -0.39 is 0 Å². The highest BCUT2D eigenvalue weighted by Gasteiger charge is 2.04. The van der Waals surface area contributed by atoms with Gasteiger partial charge in [-0.15, -0.1) is 0 Å². The Bertz CT molecular complexity index is 331. The van der Waals surface area contributed by atoms with Crippen LogP contribution in [0.1, 0.15) is 18.9 Å². The number of hydrogen-bond donors (Lipinski definition) is 1. The zero-order chi connectivity index (χ0) is 12.5. The van der Waals surface area contributed by atoms with E-state index in [1.54, 1.807) is 7.11 Å². The number of hydrogen-bond acceptors (Lipinski definition) is 4. The molecule has 96 valence electrons. The van der Waals surface area contributed by atoms with Crippen molar-refractivity contribution in [2.75, 3.05) is 25.2 Å². The molecule has 0 radical (unpaired) electrons. The molecule has 0 saturated heterocycles. The second kappa shape index (κ2) is 8.25. The van der Waals surface area contributed by atoms with E-state index in [4.69, 9.17) is 15.2 Å². The van der Waals surface area contributed by atoms with E-state index in [1.165, 1.54) is 0 Å². The van der Waals surface area contributed by atoms with Gasteiger partial charge in [0.15, 0.2) is 0 Å². The van der Waals surface area contributed by atoms with E-state index in [2.05, 4.69) is 6.92 Å². The molecule has 4 heteroatoms. The van der Waals surface area contributed by atoms with Gasteiger partial charge in [-0.1, -0.05) is 6.92 Å². The van der Waals surface area contributed by atoms with Crippen molar-refractivity contribution in [3.05, 3.63) is 23.8 Å². The van der Waals surface area contributed by atoms with Crippen LogP contribution in [0.15, 0.2) is 18.2 Å². The molecule has 1 aromatic rings. The van der Waals surface area contributed by atoms with Gasteiger partial charge >= 0.3 is 0 Å². The molecule has 0 aliphatic carbocycles. The quantitative estimate of drug-likeness (QED) is 0.725. The highest BCUT2D eigenvalue weighted by atomic mass is 32.2. The average Bonchev–Trinajstić information content (AvgIpc) is 2.38. The van der Waals surface area contributed by atoms with Crippen LogP contribution in [-0.4, -0.2) is 25.2 Å². The minimum absolute atomic E-state index is 0.468. The van der Waals surface area contributed by atoms with Gasteiger partial charge in [-0.25, -0.2) is 0 Å². The number of nitrogens with two attached hydrogens (primary N) is 1. The van der Waals surface area contributed by atoms with Gasteiger partial charge in [0.05, 0.1) is 13.7 Å². The second-order valence-corrected chi connectivity index (χ2v) is 4.97. The SMILES string of the molecule is CCSCCCOc1ccc(OC)cc1CN. The fourth-order valence-electron chi connectivity index (χ4n) is 1.47. The summed E-state index contributed by atoms with van der Waals surface area (Å²) in [6, 6.07) is 5.75. The molecule has 0 aliphatic heterocycles. The molecule has 0 heterocycles. The van der Waals surface area contributed by atoms with Gasteiger partial charge in [0.1, 0.15) is 11.5 Å². The molecule has 0 fully saturated rings. The van der Waals surface area contributed by atoms with Crippen LogP contribution in [0.2, 0.25) is 0 Å². The van der Waals surface area contributed by atoms with Crippen molar-refractivity contribution in [3.63, 3.8) is 0 Å². The van der Waals surface area contributed by atoms with Crippen molar-refractivity contribution in [1.82, 2.24) is 0 Å². The summed E-state index contributed by atoms with van der Waals surface area (Å²) in [6.45, 7) is 3.38. The fraction of sp³-hybridized carbons (Fsp3) is 0.538. The fourth-order valence-corrected chi connectivity index (χ4v) is 2.08. The van der Waals surface area contributed by atoms with Crippen LogP contribution in [0, 0.1) is 0 Å². The van der Waals surface area contributed by atoms with Crippen molar-refractivity contribution in [1.29, 1.82) is 0 Å². The van der Waals surface area contributed by atoms with Gasteiger partial charge in [0.25, 0.3) is 0 Å². The minimum atomic E-state index is 0.468. The summed E-state index contributed by atoms with van der Waals surface area (Å²) in [5.74, 6) is 4.00. The van der Waals surface area contributed by atoms with Crippen LogP contribution in [-0.2, 0) is 6.54 Å². The molecule has 0 saturated carbocycles. The van der Waals surface area contributed by atoms with Crippen LogP contribution in [0.3, 0.4) is 0 Å². The predicted octanol–water partition coefficient (Wildman–Crippen LogP) is 2.68. The Hall–Kier alpha value is -0.870. The van der Waals surface area contributed by atoms with Crippen molar-refractivity contribution in [2.45, 2.75) is 19.9 Å². The Morgan fingerprint density at radius 1 is 1.35 bits per heavy atom. The molecule has 1 aromatic carbocycles. The van der Waals surface area contributed by atoms with Crippen molar-refractivity contribution < 1.29 is 9.47 Å². The monoisotopic (exact) mass is 255 g/mol. The zero-order valence-electron chi connectivity index (χ0n) is 10.6. The lowest BCUT2D eigenvalue weighted by Gasteiger charge is -2.11. The van der Waals surface area contributed by atoms with E-state index in [0.717, 1.165) is 41.6 Å². The van der Waals surface area contributed by atoms with Gasteiger partial charge in [0.2, 0.25) is 0 Å². The largest absolute Gasteiger partial charge is 0.497 e. The number of rotatable bonds is 8. The van der Waals surface area contributed by atoms with Gasteiger partial charge in [0, 0.05) is 12.1 Å². The summed E-state index contributed by atoms with van der Waals surface area (Å²) < 4.78 is 10.9. The maximum Gasteiger partial charge on any atom is 0.124 e. The molecule has 0 amide bonds. The van der Waals surface area contributed by atoms with E-state index in [9.17, 15) is 0 Å². The molecule has 17 heavy (non-hydrogen) atoms. The topological polar surface area (TPSA) is 44.5 Å². The Balaban J connectivity index is 2.46. The summed E-state index contributed by atoms with van der Waals surface area (Å²) in [7, 11) is 1.65. The van der Waals surface area contributed by atoms with Gasteiger partial charge in [-0.2, -0.15) is 11.8 Å². The normalized spacial score (nSPS) is 10.3. The molecule has 1 rings (SSSR count). The maximum absolute atomic E-state index is 5.73. The predicted molar refractivity (Wildman–Crippen MR) is 74.0 cm³/mol. The van der Waals surface area contributed by atoms with E-state index in [1.807, 2.05) is 30.0 Å². The lowest BCUT2D eigenvalue weighted by molar-refractivity contribution is 0.314. The first-order valence-corrected chi connectivity index (χ1v) is 7.04. The van der Waals surface area contributed by atoms with Crippen molar-refractivity contribution in [2.24, 2.45) is 5.73 Å². The number of ether oxygens (including phenoxy) is 2. The summed E-state index contributed by atoms with van der Waals surface area (Å²) in [5, 5.41) is 0. The molecular weight excluding hydrogens is 234 g/mol. The first kappa shape index (κ1) is 14.2. The van der Waals surface area contributed by atoms with Crippen LogP contribution in [0.4, 0.5) is 0 Å². The summed E-state index contributed by atoms with van der Waals surface area (Å²) in [6.07, 6.45) is 1.06. The van der Waals surface area contributed by atoms with E-state index in [0.29, 0.717) is 6.54 Å². The maximum atomic E-state index is 5.73. The number of benzene rings is 1. The zero-order valence-corrected chi connectivity index (χ0v) is 11.4. The molecule has 0 bridgehead atoms. The van der Waals surface area contributed by atoms with Gasteiger partial charge < -0.3 is 15.2 Å². The van der Waals surface area contributed by atoms with E-state index >= 15 is 0 Å². The highest BCUT2D eigenvalue weighted by Crippen LogP contribution is 2.23. The first-order chi connectivity index (χ1) is 8.31. The Morgan fingerprint density at radius 2 is 2.18 bits per heavy atom. The van der Waals surface area contributed by atoms with Crippen LogP contribution in [0.5, 0.6) is 11.5 Å². The van der Waals surface area contributed by atoms with Gasteiger partial charge in [-0.3, -0.25) is 0 Å². The average molecular weight is 255 g/mol. The van der Waals surface area contributed by atoms with Crippen molar-refractivity contribution in [3.8, 4) is 11.5 Å². The van der Waals surface area contributed by atoms with Crippen LogP contribution < -0.4 is 15.2 Å². The third-order valence-corrected chi connectivity index (χ3v) is 3.37. The molecule has 0 atom stereocenters. The highest BCUT2D eigenvalue weighted by molar-refractivity contribution is 7.99. The Morgan fingerprint density at radius 3 is 2.82 bits per heavy atom.